The highest BCUT2D eigenvalue weighted by molar-refractivity contribution is 5.64. The molecule has 110 valence electrons. The molecule has 7 heteroatoms. The molecule has 0 bridgehead atoms. The number of benzene rings is 1. The van der Waals surface area contributed by atoms with Crippen LogP contribution in [-0.2, 0) is 4.74 Å². The Bertz CT molecular complexity index is 590. The Balaban J connectivity index is 2.60. The predicted molar refractivity (Wildman–Crippen MR) is 76.7 cm³/mol. The van der Waals surface area contributed by atoms with Crippen molar-refractivity contribution in [1.82, 2.24) is 0 Å². The molecule has 0 aliphatic carbocycles. The minimum absolute atomic E-state index is 0.105. The molecule has 1 aromatic carbocycles. The molecule has 0 aliphatic heterocycles. The number of carbonyl (C=O) groups is 1. The summed E-state index contributed by atoms with van der Waals surface area (Å²) in [7, 11) is 0. The Morgan fingerprint density at radius 3 is 2.38 bits per heavy atom. The SMILES string of the molecule is C=C/C(N)=C(\C=C)COC(=O)Oc1ccc([N+](=O)[O-])cc1. The summed E-state index contributed by atoms with van der Waals surface area (Å²) in [5.74, 6) is 0.131. The molecule has 0 aromatic heterocycles. The van der Waals surface area contributed by atoms with Crippen LogP contribution in [0.5, 0.6) is 5.75 Å². The molecule has 0 atom stereocenters. The largest absolute Gasteiger partial charge is 0.514 e. The van der Waals surface area contributed by atoms with E-state index in [0.717, 1.165) is 0 Å². The van der Waals surface area contributed by atoms with Crippen LogP contribution in [0.4, 0.5) is 10.5 Å². The molecule has 0 heterocycles. The summed E-state index contributed by atoms with van der Waals surface area (Å²) in [6.45, 7) is 6.91. The molecule has 7 nitrogen and oxygen atoms in total. The highest BCUT2D eigenvalue weighted by Gasteiger charge is 2.10. The molecule has 1 aromatic rings. The molecule has 0 aliphatic rings. The maximum absolute atomic E-state index is 11.5. The van der Waals surface area contributed by atoms with E-state index < -0.39 is 11.1 Å². The van der Waals surface area contributed by atoms with Crippen molar-refractivity contribution >= 4 is 11.8 Å². The number of ether oxygens (including phenoxy) is 2. The summed E-state index contributed by atoms with van der Waals surface area (Å²) in [4.78, 5) is 21.4. The van der Waals surface area contributed by atoms with Gasteiger partial charge in [0.05, 0.1) is 4.92 Å². The van der Waals surface area contributed by atoms with Crippen molar-refractivity contribution < 1.29 is 19.2 Å². The van der Waals surface area contributed by atoms with Crippen LogP contribution in [0.15, 0.2) is 60.8 Å². The highest BCUT2D eigenvalue weighted by atomic mass is 16.7. The molecule has 0 radical (unpaired) electrons. The van der Waals surface area contributed by atoms with Gasteiger partial charge >= 0.3 is 6.16 Å². The van der Waals surface area contributed by atoms with Crippen molar-refractivity contribution in [2.45, 2.75) is 0 Å². The second-order valence-corrected chi connectivity index (χ2v) is 3.78. The van der Waals surface area contributed by atoms with Gasteiger partial charge < -0.3 is 15.2 Å². The van der Waals surface area contributed by atoms with E-state index in [1.54, 1.807) is 0 Å². The van der Waals surface area contributed by atoms with Crippen LogP contribution < -0.4 is 10.5 Å². The van der Waals surface area contributed by atoms with Crippen LogP contribution in [0.3, 0.4) is 0 Å². The first-order chi connectivity index (χ1) is 9.97. The summed E-state index contributed by atoms with van der Waals surface area (Å²) in [5, 5.41) is 10.5. The highest BCUT2D eigenvalue weighted by Crippen LogP contribution is 2.17. The first-order valence-electron chi connectivity index (χ1n) is 5.80. The Hall–Kier alpha value is -3.09. The first-order valence-corrected chi connectivity index (χ1v) is 5.80. The number of rotatable bonds is 6. The monoisotopic (exact) mass is 290 g/mol. The van der Waals surface area contributed by atoms with Crippen molar-refractivity contribution in [3.63, 3.8) is 0 Å². The Morgan fingerprint density at radius 1 is 1.29 bits per heavy atom. The van der Waals surface area contributed by atoms with Crippen LogP contribution in [0.2, 0.25) is 0 Å². The zero-order valence-corrected chi connectivity index (χ0v) is 11.2. The second-order valence-electron chi connectivity index (χ2n) is 3.78. The normalized spacial score (nSPS) is 11.0. The van der Waals surface area contributed by atoms with Crippen LogP contribution in [0, 0.1) is 10.1 Å². The topological polar surface area (TPSA) is 105 Å². The number of allylic oxidation sites excluding steroid dienone is 1. The van der Waals surface area contributed by atoms with Gasteiger partial charge in [-0.2, -0.15) is 0 Å². The molecule has 0 unspecified atom stereocenters. The fraction of sp³-hybridized carbons (Fsp3) is 0.0714. The van der Waals surface area contributed by atoms with Gasteiger partial charge in [0.1, 0.15) is 12.4 Å². The van der Waals surface area contributed by atoms with Gasteiger partial charge in [0.25, 0.3) is 5.69 Å². The van der Waals surface area contributed by atoms with Gasteiger partial charge in [-0.05, 0) is 18.2 Å². The molecule has 21 heavy (non-hydrogen) atoms. The lowest BCUT2D eigenvalue weighted by Crippen LogP contribution is -2.14. The number of nitro groups is 1. The summed E-state index contributed by atoms with van der Waals surface area (Å²) in [6, 6.07) is 5.02. The summed E-state index contributed by atoms with van der Waals surface area (Å²) >= 11 is 0. The average molecular weight is 290 g/mol. The average Bonchev–Trinajstić information content (AvgIpc) is 2.48. The van der Waals surface area contributed by atoms with Gasteiger partial charge in [-0.1, -0.05) is 19.2 Å². The standard InChI is InChI=1S/C14H14N2O5/c1-3-10(13(15)4-2)9-20-14(17)21-12-7-5-11(6-8-12)16(18)19/h3-8H,1-2,9,15H2/b13-10-. The molecule has 2 N–H and O–H groups in total. The van der Waals surface area contributed by atoms with E-state index in [4.69, 9.17) is 15.2 Å². The Kier molecular flexibility index (Phi) is 5.69. The number of nitro benzene ring substituents is 1. The van der Waals surface area contributed by atoms with Crippen molar-refractivity contribution in [3.8, 4) is 5.75 Å². The zero-order valence-electron chi connectivity index (χ0n) is 11.2. The van der Waals surface area contributed by atoms with E-state index in [2.05, 4.69) is 13.2 Å². The summed E-state index contributed by atoms with van der Waals surface area (Å²) in [5.41, 5.74) is 6.33. The number of carbonyl (C=O) groups excluding carboxylic acids is 1. The van der Waals surface area contributed by atoms with Gasteiger partial charge in [-0.25, -0.2) is 4.79 Å². The molecule has 1 rings (SSSR count). The van der Waals surface area contributed by atoms with E-state index in [9.17, 15) is 14.9 Å². The van der Waals surface area contributed by atoms with Gasteiger partial charge in [0, 0.05) is 23.4 Å². The zero-order chi connectivity index (χ0) is 15.8. The molecule has 0 saturated heterocycles. The van der Waals surface area contributed by atoms with E-state index in [1.807, 2.05) is 0 Å². The third kappa shape index (κ3) is 4.83. The van der Waals surface area contributed by atoms with Crippen LogP contribution in [0.1, 0.15) is 0 Å². The minimum atomic E-state index is -0.958. The van der Waals surface area contributed by atoms with Crippen LogP contribution in [0.25, 0.3) is 0 Å². The van der Waals surface area contributed by atoms with E-state index in [1.165, 1.54) is 36.4 Å². The lowest BCUT2D eigenvalue weighted by Gasteiger charge is -2.07. The van der Waals surface area contributed by atoms with Crippen molar-refractivity contribution in [3.05, 3.63) is 71.0 Å². The van der Waals surface area contributed by atoms with Gasteiger partial charge in [0.15, 0.2) is 0 Å². The van der Waals surface area contributed by atoms with E-state index in [0.29, 0.717) is 11.3 Å². The maximum Gasteiger partial charge on any atom is 0.514 e. The molecule has 0 saturated carbocycles. The Labute approximate surface area is 121 Å². The van der Waals surface area contributed by atoms with Crippen LogP contribution in [-0.4, -0.2) is 17.7 Å². The first kappa shape index (κ1) is 16.0. The number of nitrogens with two attached hydrogens (primary N) is 1. The number of nitrogens with zero attached hydrogens (tertiary/aromatic N) is 1. The fourth-order valence-electron chi connectivity index (χ4n) is 1.29. The molecular weight excluding hydrogens is 276 g/mol. The fourth-order valence-corrected chi connectivity index (χ4v) is 1.29. The number of hydrogen-bond acceptors (Lipinski definition) is 6. The molecule has 0 amide bonds. The van der Waals surface area contributed by atoms with Gasteiger partial charge in [0.2, 0.25) is 0 Å². The van der Waals surface area contributed by atoms with Gasteiger partial charge in [-0.15, -0.1) is 0 Å². The van der Waals surface area contributed by atoms with Crippen molar-refractivity contribution in [2.75, 3.05) is 6.61 Å². The van der Waals surface area contributed by atoms with E-state index >= 15 is 0 Å². The third-order valence-electron chi connectivity index (χ3n) is 2.43. The lowest BCUT2D eigenvalue weighted by molar-refractivity contribution is -0.384. The Morgan fingerprint density at radius 2 is 1.90 bits per heavy atom. The van der Waals surface area contributed by atoms with Gasteiger partial charge in [-0.3, -0.25) is 10.1 Å². The van der Waals surface area contributed by atoms with Crippen molar-refractivity contribution in [2.24, 2.45) is 5.73 Å². The maximum atomic E-state index is 11.5. The number of hydrogen-bond donors (Lipinski definition) is 1. The predicted octanol–water partition coefficient (Wildman–Crippen LogP) is 2.70. The lowest BCUT2D eigenvalue weighted by atomic mass is 10.2. The second kappa shape index (κ2) is 7.49. The summed E-state index contributed by atoms with van der Waals surface area (Å²) in [6.07, 6.45) is 1.89. The van der Waals surface area contributed by atoms with E-state index in [-0.39, 0.29) is 18.0 Å². The third-order valence-corrected chi connectivity index (χ3v) is 2.43. The minimum Gasteiger partial charge on any atom is -0.429 e. The summed E-state index contributed by atoms with van der Waals surface area (Å²) < 4.78 is 9.70. The quantitative estimate of drug-likeness (QED) is 0.284. The molecular formula is C14H14N2O5. The number of non-ortho nitro benzene ring substituents is 1. The molecule has 0 fully saturated rings. The van der Waals surface area contributed by atoms with Crippen molar-refractivity contribution in [1.29, 1.82) is 0 Å². The van der Waals surface area contributed by atoms with Crippen LogP contribution >= 0.6 is 0 Å². The smallest absolute Gasteiger partial charge is 0.429 e. The molecule has 0 spiro atoms.